The molecule has 2 fully saturated rings. The van der Waals surface area contributed by atoms with Crippen molar-refractivity contribution in [2.24, 2.45) is 5.92 Å². The van der Waals surface area contributed by atoms with Crippen molar-refractivity contribution in [2.75, 3.05) is 12.8 Å². The van der Waals surface area contributed by atoms with Crippen LogP contribution in [0.4, 0.5) is 0 Å². The molecule has 0 saturated heterocycles. The van der Waals surface area contributed by atoms with E-state index in [4.69, 9.17) is 0 Å². The molecule has 2 atom stereocenters. The molecular formula is C15H29NS. The van der Waals surface area contributed by atoms with E-state index in [2.05, 4.69) is 30.3 Å². The Hall–Kier alpha value is 0.310. The largest absolute Gasteiger partial charge is 0.313 e. The van der Waals surface area contributed by atoms with E-state index in [1.807, 2.05) is 0 Å². The lowest BCUT2D eigenvalue weighted by molar-refractivity contribution is 0.273. The van der Waals surface area contributed by atoms with Crippen molar-refractivity contribution in [3.63, 3.8) is 0 Å². The van der Waals surface area contributed by atoms with Crippen molar-refractivity contribution in [2.45, 2.75) is 75.5 Å². The molecule has 0 aliphatic heterocycles. The van der Waals surface area contributed by atoms with Crippen molar-refractivity contribution >= 4 is 11.8 Å². The maximum atomic E-state index is 3.90. The summed E-state index contributed by atoms with van der Waals surface area (Å²) in [5.74, 6) is 0.995. The van der Waals surface area contributed by atoms with Gasteiger partial charge in [-0.1, -0.05) is 39.0 Å². The predicted molar refractivity (Wildman–Crippen MR) is 78.8 cm³/mol. The lowest BCUT2D eigenvalue weighted by Gasteiger charge is -2.34. The molecule has 17 heavy (non-hydrogen) atoms. The van der Waals surface area contributed by atoms with E-state index < -0.39 is 0 Å². The van der Waals surface area contributed by atoms with E-state index in [-0.39, 0.29) is 0 Å². The number of hydrogen-bond donors (Lipinski definition) is 1. The van der Waals surface area contributed by atoms with Crippen LogP contribution >= 0.6 is 11.8 Å². The Morgan fingerprint density at radius 3 is 2.59 bits per heavy atom. The number of hydrogen-bond acceptors (Lipinski definition) is 2. The van der Waals surface area contributed by atoms with Gasteiger partial charge in [0.15, 0.2) is 0 Å². The summed E-state index contributed by atoms with van der Waals surface area (Å²) in [6, 6.07) is 0.818. The van der Waals surface area contributed by atoms with Crippen molar-refractivity contribution in [3.8, 4) is 0 Å². The lowest BCUT2D eigenvalue weighted by atomic mass is 9.84. The van der Waals surface area contributed by atoms with Gasteiger partial charge in [0.2, 0.25) is 0 Å². The van der Waals surface area contributed by atoms with Crippen LogP contribution < -0.4 is 5.32 Å². The van der Waals surface area contributed by atoms with Crippen LogP contribution in [0.2, 0.25) is 0 Å². The van der Waals surface area contributed by atoms with Gasteiger partial charge in [-0.3, -0.25) is 0 Å². The minimum atomic E-state index is 0.582. The van der Waals surface area contributed by atoms with E-state index in [1.165, 1.54) is 64.3 Å². The standard InChI is InChI=1S/C15H29NS/c1-3-13-7-6-8-14(11-13)16-12-15(17-2)9-4-5-10-15/h13-14,16H,3-12H2,1-2H3. The topological polar surface area (TPSA) is 12.0 Å². The summed E-state index contributed by atoms with van der Waals surface area (Å²) in [7, 11) is 0. The van der Waals surface area contributed by atoms with Crippen LogP contribution in [0.5, 0.6) is 0 Å². The third kappa shape index (κ3) is 3.64. The molecular weight excluding hydrogens is 226 g/mol. The molecule has 2 heteroatoms. The second-order valence-corrected chi connectivity index (χ2v) is 7.39. The quantitative estimate of drug-likeness (QED) is 0.789. The summed E-state index contributed by atoms with van der Waals surface area (Å²) in [5.41, 5.74) is 0. The Balaban J connectivity index is 1.76. The lowest BCUT2D eigenvalue weighted by Crippen LogP contribution is -2.42. The molecule has 0 radical (unpaired) electrons. The maximum Gasteiger partial charge on any atom is 0.0281 e. The van der Waals surface area contributed by atoms with E-state index in [0.717, 1.165) is 12.0 Å². The molecule has 0 aromatic carbocycles. The minimum Gasteiger partial charge on any atom is -0.313 e. The average molecular weight is 255 g/mol. The Morgan fingerprint density at radius 1 is 1.18 bits per heavy atom. The molecule has 0 aromatic heterocycles. The summed E-state index contributed by atoms with van der Waals surface area (Å²) in [6.45, 7) is 3.61. The van der Waals surface area contributed by atoms with Gasteiger partial charge in [0.05, 0.1) is 0 Å². The summed E-state index contributed by atoms with van der Waals surface area (Å²) in [5, 5.41) is 3.90. The minimum absolute atomic E-state index is 0.582. The van der Waals surface area contributed by atoms with Gasteiger partial charge < -0.3 is 5.32 Å². The van der Waals surface area contributed by atoms with Crippen molar-refractivity contribution in [3.05, 3.63) is 0 Å². The van der Waals surface area contributed by atoms with E-state index in [0.29, 0.717) is 4.75 Å². The fourth-order valence-electron chi connectivity index (χ4n) is 3.65. The van der Waals surface area contributed by atoms with Crippen LogP contribution in [0.25, 0.3) is 0 Å². The Bertz CT molecular complexity index is 223. The smallest absolute Gasteiger partial charge is 0.0281 e. The van der Waals surface area contributed by atoms with Gasteiger partial charge in [-0.15, -0.1) is 0 Å². The first-order valence-corrected chi connectivity index (χ1v) is 8.79. The molecule has 2 aliphatic rings. The zero-order valence-corrected chi connectivity index (χ0v) is 12.5. The molecule has 1 N–H and O–H groups in total. The van der Waals surface area contributed by atoms with E-state index >= 15 is 0 Å². The van der Waals surface area contributed by atoms with Crippen molar-refractivity contribution in [1.29, 1.82) is 0 Å². The average Bonchev–Trinajstić information content (AvgIpc) is 2.86. The molecule has 2 saturated carbocycles. The summed E-state index contributed by atoms with van der Waals surface area (Å²) < 4.78 is 0.582. The van der Waals surface area contributed by atoms with Gasteiger partial charge in [-0.2, -0.15) is 11.8 Å². The molecule has 2 rings (SSSR count). The predicted octanol–water partition coefficient (Wildman–Crippen LogP) is 4.22. The zero-order valence-electron chi connectivity index (χ0n) is 11.6. The Morgan fingerprint density at radius 2 is 1.94 bits per heavy atom. The molecule has 0 heterocycles. The van der Waals surface area contributed by atoms with Gasteiger partial charge >= 0.3 is 0 Å². The third-order valence-electron chi connectivity index (χ3n) is 5.02. The first-order valence-electron chi connectivity index (χ1n) is 7.56. The SMILES string of the molecule is CCC1CCCC(NCC2(SC)CCCC2)C1. The molecule has 100 valence electrons. The van der Waals surface area contributed by atoms with Crippen LogP contribution in [0, 0.1) is 5.92 Å². The molecule has 0 spiro atoms. The molecule has 2 unspecified atom stereocenters. The van der Waals surface area contributed by atoms with Crippen LogP contribution in [0.15, 0.2) is 0 Å². The monoisotopic (exact) mass is 255 g/mol. The zero-order chi connectivity index (χ0) is 12.1. The maximum absolute atomic E-state index is 3.90. The molecule has 1 nitrogen and oxygen atoms in total. The fourth-order valence-corrected chi connectivity index (χ4v) is 4.57. The van der Waals surface area contributed by atoms with Gasteiger partial charge in [0.25, 0.3) is 0 Å². The Labute approximate surface area is 112 Å². The summed E-state index contributed by atoms with van der Waals surface area (Å²) in [4.78, 5) is 0. The van der Waals surface area contributed by atoms with Crippen LogP contribution in [-0.4, -0.2) is 23.6 Å². The van der Waals surface area contributed by atoms with Crippen molar-refractivity contribution in [1.82, 2.24) is 5.32 Å². The van der Waals surface area contributed by atoms with E-state index in [9.17, 15) is 0 Å². The van der Waals surface area contributed by atoms with Crippen molar-refractivity contribution < 1.29 is 0 Å². The Kier molecular flexibility index (Phi) is 5.23. The number of rotatable bonds is 5. The highest BCUT2D eigenvalue weighted by atomic mass is 32.2. The molecule has 0 amide bonds. The number of thioether (sulfide) groups is 1. The first-order chi connectivity index (χ1) is 8.28. The molecule has 0 aromatic rings. The first kappa shape index (κ1) is 13.7. The summed E-state index contributed by atoms with van der Waals surface area (Å²) in [6.07, 6.45) is 15.2. The van der Waals surface area contributed by atoms with Gasteiger partial charge in [0, 0.05) is 17.3 Å². The fraction of sp³-hybridized carbons (Fsp3) is 1.00. The summed E-state index contributed by atoms with van der Waals surface area (Å²) >= 11 is 2.11. The second kappa shape index (κ2) is 6.47. The van der Waals surface area contributed by atoms with Crippen LogP contribution in [-0.2, 0) is 0 Å². The van der Waals surface area contributed by atoms with Gasteiger partial charge in [-0.05, 0) is 37.9 Å². The third-order valence-corrected chi connectivity index (χ3v) is 6.44. The highest BCUT2D eigenvalue weighted by Gasteiger charge is 2.33. The molecule has 0 bridgehead atoms. The highest BCUT2D eigenvalue weighted by molar-refractivity contribution is 8.00. The van der Waals surface area contributed by atoms with E-state index in [1.54, 1.807) is 0 Å². The normalized spacial score (nSPS) is 32.8. The number of nitrogens with one attached hydrogen (secondary N) is 1. The van der Waals surface area contributed by atoms with Crippen LogP contribution in [0.3, 0.4) is 0 Å². The van der Waals surface area contributed by atoms with Gasteiger partial charge in [-0.25, -0.2) is 0 Å². The molecule has 2 aliphatic carbocycles. The van der Waals surface area contributed by atoms with Gasteiger partial charge in [0.1, 0.15) is 0 Å². The highest BCUT2D eigenvalue weighted by Crippen LogP contribution is 2.40. The van der Waals surface area contributed by atoms with Crippen LogP contribution in [0.1, 0.15) is 64.7 Å². The second-order valence-electron chi connectivity index (χ2n) is 6.11.